The maximum Gasteiger partial charge on any atom is 0.355 e. The number of hydrogen-bond acceptors (Lipinski definition) is 4. The van der Waals surface area contributed by atoms with Crippen LogP contribution in [0, 0.1) is 5.92 Å². The summed E-state index contributed by atoms with van der Waals surface area (Å²) in [4.78, 5) is 25.8. The Morgan fingerprint density at radius 2 is 2.25 bits per heavy atom. The quantitative estimate of drug-likeness (QED) is 0.822. The second-order valence-corrected chi connectivity index (χ2v) is 4.64. The Balaban J connectivity index is 2.50. The third kappa shape index (κ3) is 3.62. The SMILES string of the molecule is CC(C)CCNC(=O)c1nc(C(=O)O)cs1. The van der Waals surface area contributed by atoms with E-state index in [-0.39, 0.29) is 16.6 Å². The lowest BCUT2D eigenvalue weighted by Crippen LogP contribution is -2.25. The first-order chi connectivity index (χ1) is 7.50. The average Bonchev–Trinajstić information content (AvgIpc) is 2.65. The maximum absolute atomic E-state index is 11.5. The zero-order chi connectivity index (χ0) is 12.1. The molecule has 2 N–H and O–H groups in total. The van der Waals surface area contributed by atoms with E-state index >= 15 is 0 Å². The molecule has 0 aliphatic rings. The van der Waals surface area contributed by atoms with Gasteiger partial charge in [0.2, 0.25) is 0 Å². The molecule has 1 aromatic heterocycles. The van der Waals surface area contributed by atoms with Gasteiger partial charge < -0.3 is 10.4 Å². The van der Waals surface area contributed by atoms with Crippen LogP contribution in [0.1, 0.15) is 40.6 Å². The van der Waals surface area contributed by atoms with Crippen LogP contribution in [0.3, 0.4) is 0 Å². The van der Waals surface area contributed by atoms with Crippen molar-refractivity contribution in [2.24, 2.45) is 5.92 Å². The number of nitrogens with one attached hydrogen (secondary N) is 1. The van der Waals surface area contributed by atoms with Gasteiger partial charge in [0.15, 0.2) is 10.7 Å². The van der Waals surface area contributed by atoms with Crippen LogP contribution in [0.5, 0.6) is 0 Å². The molecule has 0 aromatic carbocycles. The maximum atomic E-state index is 11.5. The van der Waals surface area contributed by atoms with Crippen molar-refractivity contribution in [1.82, 2.24) is 10.3 Å². The summed E-state index contributed by atoms with van der Waals surface area (Å²) in [6.07, 6.45) is 0.892. The zero-order valence-electron chi connectivity index (χ0n) is 9.19. The first kappa shape index (κ1) is 12.6. The summed E-state index contributed by atoms with van der Waals surface area (Å²) in [7, 11) is 0. The van der Waals surface area contributed by atoms with Gasteiger partial charge in [0.1, 0.15) is 0 Å². The Labute approximate surface area is 97.5 Å². The number of carbonyl (C=O) groups is 2. The first-order valence-electron chi connectivity index (χ1n) is 4.97. The monoisotopic (exact) mass is 242 g/mol. The Kier molecular flexibility index (Phi) is 4.42. The second-order valence-electron chi connectivity index (χ2n) is 3.78. The lowest BCUT2D eigenvalue weighted by molar-refractivity contribution is 0.0691. The van der Waals surface area contributed by atoms with Gasteiger partial charge in [-0.2, -0.15) is 0 Å². The molecule has 0 saturated heterocycles. The molecule has 0 aliphatic heterocycles. The van der Waals surface area contributed by atoms with E-state index in [9.17, 15) is 9.59 Å². The minimum absolute atomic E-state index is 0.0843. The smallest absolute Gasteiger partial charge is 0.355 e. The van der Waals surface area contributed by atoms with Gasteiger partial charge in [-0.05, 0) is 12.3 Å². The summed E-state index contributed by atoms with van der Waals surface area (Å²) in [6.45, 7) is 4.72. The Morgan fingerprint density at radius 3 is 2.75 bits per heavy atom. The highest BCUT2D eigenvalue weighted by Gasteiger charge is 2.14. The number of hydrogen-bond donors (Lipinski definition) is 2. The number of aromatic carboxylic acids is 1. The Hall–Kier alpha value is -1.43. The zero-order valence-corrected chi connectivity index (χ0v) is 10.0. The lowest BCUT2D eigenvalue weighted by atomic mass is 10.1. The number of nitrogens with zero attached hydrogens (tertiary/aromatic N) is 1. The molecule has 1 aromatic rings. The number of carboxylic acids is 1. The number of thiazole rings is 1. The molecule has 16 heavy (non-hydrogen) atoms. The minimum atomic E-state index is -1.11. The van der Waals surface area contributed by atoms with Crippen LogP contribution >= 0.6 is 11.3 Å². The van der Waals surface area contributed by atoms with Crippen molar-refractivity contribution >= 4 is 23.2 Å². The normalized spacial score (nSPS) is 10.4. The second kappa shape index (κ2) is 5.60. The van der Waals surface area contributed by atoms with Gasteiger partial charge in [-0.25, -0.2) is 9.78 Å². The Morgan fingerprint density at radius 1 is 1.56 bits per heavy atom. The first-order valence-corrected chi connectivity index (χ1v) is 5.85. The molecule has 0 fully saturated rings. The van der Waals surface area contributed by atoms with E-state index in [0.29, 0.717) is 12.5 Å². The summed E-state index contributed by atoms with van der Waals surface area (Å²) >= 11 is 1.04. The highest BCUT2D eigenvalue weighted by atomic mass is 32.1. The largest absolute Gasteiger partial charge is 0.476 e. The molecule has 0 bridgehead atoms. The summed E-state index contributed by atoms with van der Waals surface area (Å²) in [5.74, 6) is -0.901. The molecular formula is C10H14N2O3S. The molecule has 1 amide bonds. The summed E-state index contributed by atoms with van der Waals surface area (Å²) in [5.41, 5.74) is -0.0843. The van der Waals surface area contributed by atoms with Gasteiger partial charge in [-0.1, -0.05) is 13.8 Å². The fourth-order valence-electron chi connectivity index (χ4n) is 1.03. The molecule has 88 valence electrons. The van der Waals surface area contributed by atoms with Gasteiger partial charge in [-0.3, -0.25) is 4.79 Å². The molecule has 1 rings (SSSR count). The molecule has 0 unspecified atom stereocenters. The summed E-state index contributed by atoms with van der Waals surface area (Å²) < 4.78 is 0. The van der Waals surface area contributed by atoms with Crippen LogP contribution in [0.15, 0.2) is 5.38 Å². The van der Waals surface area contributed by atoms with Crippen LogP contribution < -0.4 is 5.32 Å². The van der Waals surface area contributed by atoms with Crippen molar-refractivity contribution in [3.05, 3.63) is 16.1 Å². The van der Waals surface area contributed by atoms with E-state index in [0.717, 1.165) is 17.8 Å². The van der Waals surface area contributed by atoms with Crippen molar-refractivity contribution in [1.29, 1.82) is 0 Å². The van der Waals surface area contributed by atoms with Crippen LogP contribution in [0.25, 0.3) is 0 Å². The fourth-order valence-corrected chi connectivity index (χ4v) is 1.73. The summed E-state index contributed by atoms with van der Waals surface area (Å²) in [6, 6.07) is 0. The third-order valence-electron chi connectivity index (χ3n) is 1.92. The van der Waals surface area contributed by atoms with Crippen molar-refractivity contribution in [2.45, 2.75) is 20.3 Å². The number of carbonyl (C=O) groups excluding carboxylic acids is 1. The molecule has 6 heteroatoms. The standard InChI is InChI=1S/C10H14N2O3S/c1-6(2)3-4-11-8(13)9-12-7(5-16-9)10(14)15/h5-6H,3-4H2,1-2H3,(H,11,13)(H,14,15). The molecule has 0 spiro atoms. The molecule has 0 radical (unpaired) electrons. The van der Waals surface area contributed by atoms with E-state index < -0.39 is 5.97 Å². The number of rotatable bonds is 5. The van der Waals surface area contributed by atoms with Crippen LogP contribution in [0.4, 0.5) is 0 Å². The van der Waals surface area contributed by atoms with Gasteiger partial charge in [-0.15, -0.1) is 11.3 Å². The van der Waals surface area contributed by atoms with Crippen LogP contribution in [0.2, 0.25) is 0 Å². The molecular weight excluding hydrogens is 228 g/mol. The number of amides is 1. The fraction of sp³-hybridized carbons (Fsp3) is 0.500. The summed E-state index contributed by atoms with van der Waals surface area (Å²) in [5, 5.41) is 12.9. The minimum Gasteiger partial charge on any atom is -0.476 e. The van der Waals surface area contributed by atoms with E-state index in [1.54, 1.807) is 0 Å². The van der Waals surface area contributed by atoms with E-state index in [1.165, 1.54) is 5.38 Å². The predicted octanol–water partition coefficient (Wildman–Crippen LogP) is 1.62. The van der Waals surface area contributed by atoms with Gasteiger partial charge >= 0.3 is 5.97 Å². The number of carboxylic acid groups (broad SMARTS) is 1. The molecule has 5 nitrogen and oxygen atoms in total. The van der Waals surface area contributed by atoms with Crippen molar-refractivity contribution in [3.8, 4) is 0 Å². The van der Waals surface area contributed by atoms with Crippen molar-refractivity contribution in [2.75, 3.05) is 6.54 Å². The molecule has 0 aliphatic carbocycles. The molecule has 0 atom stereocenters. The average molecular weight is 242 g/mol. The Bertz CT molecular complexity index is 387. The van der Waals surface area contributed by atoms with E-state index in [1.807, 2.05) is 0 Å². The third-order valence-corrected chi connectivity index (χ3v) is 2.77. The lowest BCUT2D eigenvalue weighted by Gasteiger charge is -2.04. The highest BCUT2D eigenvalue weighted by molar-refractivity contribution is 7.11. The van der Waals surface area contributed by atoms with E-state index in [4.69, 9.17) is 5.11 Å². The van der Waals surface area contributed by atoms with E-state index in [2.05, 4.69) is 24.1 Å². The highest BCUT2D eigenvalue weighted by Crippen LogP contribution is 2.09. The topological polar surface area (TPSA) is 79.3 Å². The predicted molar refractivity (Wildman–Crippen MR) is 60.9 cm³/mol. The number of aromatic nitrogens is 1. The van der Waals surface area contributed by atoms with Crippen molar-refractivity contribution < 1.29 is 14.7 Å². The van der Waals surface area contributed by atoms with Crippen molar-refractivity contribution in [3.63, 3.8) is 0 Å². The van der Waals surface area contributed by atoms with Crippen LogP contribution in [-0.2, 0) is 0 Å². The molecule has 0 saturated carbocycles. The van der Waals surface area contributed by atoms with Gasteiger partial charge in [0, 0.05) is 11.9 Å². The molecule has 1 heterocycles. The van der Waals surface area contributed by atoms with Crippen LogP contribution in [-0.4, -0.2) is 28.5 Å². The van der Waals surface area contributed by atoms with Gasteiger partial charge in [0.05, 0.1) is 0 Å². The van der Waals surface area contributed by atoms with Gasteiger partial charge in [0.25, 0.3) is 5.91 Å².